The molecule has 0 aliphatic rings. The van der Waals surface area contributed by atoms with Gasteiger partial charge in [-0.15, -0.1) is 21.5 Å². The number of aromatic nitrogens is 3. The minimum Gasteiger partial charge on any atom is -0.418 e. The zero-order chi connectivity index (χ0) is 10.7. The van der Waals surface area contributed by atoms with Gasteiger partial charge >= 0.3 is 0 Å². The Balaban J connectivity index is 2.17. The number of hydrogen-bond donors (Lipinski definition) is 1. The minimum absolute atomic E-state index is 0.558. The molecule has 2 heterocycles. The maximum atomic E-state index is 5.50. The highest BCUT2D eigenvalue weighted by Crippen LogP contribution is 2.25. The molecule has 0 atom stereocenters. The SMILES string of the molecule is CCNCc1nnc(-c2scnc2C)o1. The molecule has 0 saturated carbocycles. The predicted octanol–water partition coefficient (Wildman–Crippen LogP) is 1.61. The van der Waals surface area contributed by atoms with E-state index in [1.54, 1.807) is 5.51 Å². The largest absolute Gasteiger partial charge is 0.418 e. The average molecular weight is 224 g/mol. The third-order valence-corrected chi connectivity index (χ3v) is 2.85. The van der Waals surface area contributed by atoms with Gasteiger partial charge in [-0.25, -0.2) is 4.98 Å². The normalized spacial score (nSPS) is 10.8. The molecular formula is C9H12N4OS. The standard InChI is InChI=1S/C9H12N4OS/c1-3-10-4-7-12-13-9(14-7)8-6(2)11-5-15-8/h5,10H,3-4H2,1-2H3. The van der Waals surface area contributed by atoms with Crippen LogP contribution in [0.4, 0.5) is 0 Å². The van der Waals surface area contributed by atoms with Crippen LogP contribution in [0.5, 0.6) is 0 Å². The zero-order valence-electron chi connectivity index (χ0n) is 8.65. The summed E-state index contributed by atoms with van der Waals surface area (Å²) in [4.78, 5) is 5.09. The molecule has 2 aromatic rings. The fourth-order valence-corrected chi connectivity index (χ4v) is 1.88. The molecule has 0 spiro atoms. The van der Waals surface area contributed by atoms with E-state index in [1.165, 1.54) is 11.3 Å². The van der Waals surface area contributed by atoms with Gasteiger partial charge in [-0.1, -0.05) is 6.92 Å². The lowest BCUT2D eigenvalue weighted by molar-refractivity contribution is 0.482. The highest BCUT2D eigenvalue weighted by Gasteiger charge is 2.12. The molecule has 15 heavy (non-hydrogen) atoms. The van der Waals surface area contributed by atoms with Crippen LogP contribution in [-0.4, -0.2) is 21.7 Å². The topological polar surface area (TPSA) is 63.8 Å². The van der Waals surface area contributed by atoms with E-state index in [-0.39, 0.29) is 0 Å². The molecule has 6 heteroatoms. The molecular weight excluding hydrogens is 212 g/mol. The molecule has 0 radical (unpaired) electrons. The van der Waals surface area contributed by atoms with E-state index in [0.717, 1.165) is 17.1 Å². The number of nitrogens with one attached hydrogen (secondary N) is 1. The van der Waals surface area contributed by atoms with Crippen molar-refractivity contribution in [3.8, 4) is 10.8 Å². The van der Waals surface area contributed by atoms with Crippen molar-refractivity contribution in [3.05, 3.63) is 17.1 Å². The van der Waals surface area contributed by atoms with Gasteiger partial charge in [0, 0.05) is 0 Å². The predicted molar refractivity (Wildman–Crippen MR) is 57.5 cm³/mol. The summed E-state index contributed by atoms with van der Waals surface area (Å²) in [5, 5.41) is 11.1. The number of aryl methyl sites for hydroxylation is 1. The van der Waals surface area contributed by atoms with Gasteiger partial charge in [-0.05, 0) is 13.5 Å². The lowest BCUT2D eigenvalue weighted by atomic mass is 10.4. The Morgan fingerprint density at radius 2 is 2.33 bits per heavy atom. The first-order valence-corrected chi connectivity index (χ1v) is 5.62. The van der Waals surface area contributed by atoms with Crippen LogP contribution in [0.3, 0.4) is 0 Å². The Morgan fingerprint density at radius 3 is 3.00 bits per heavy atom. The van der Waals surface area contributed by atoms with Gasteiger partial charge in [0.15, 0.2) is 0 Å². The molecule has 0 aliphatic carbocycles. The Labute approximate surface area is 91.6 Å². The fourth-order valence-electron chi connectivity index (χ4n) is 1.16. The number of nitrogens with zero attached hydrogens (tertiary/aromatic N) is 3. The third kappa shape index (κ3) is 2.21. The first-order chi connectivity index (χ1) is 7.31. The van der Waals surface area contributed by atoms with E-state index in [2.05, 4.69) is 20.5 Å². The first kappa shape index (κ1) is 10.3. The Bertz CT molecular complexity index is 437. The van der Waals surface area contributed by atoms with Crippen LogP contribution in [0.15, 0.2) is 9.93 Å². The summed E-state index contributed by atoms with van der Waals surface area (Å²) < 4.78 is 5.50. The van der Waals surface area contributed by atoms with E-state index in [1.807, 2.05) is 13.8 Å². The van der Waals surface area contributed by atoms with Gasteiger partial charge in [0.2, 0.25) is 5.89 Å². The number of rotatable bonds is 4. The third-order valence-electron chi connectivity index (χ3n) is 1.93. The average Bonchev–Trinajstić information content (AvgIpc) is 2.83. The lowest BCUT2D eigenvalue weighted by Gasteiger charge is -1.93. The molecule has 2 rings (SSSR count). The van der Waals surface area contributed by atoms with Crippen LogP contribution in [0.25, 0.3) is 10.8 Å². The van der Waals surface area contributed by atoms with Crippen molar-refractivity contribution >= 4 is 11.3 Å². The zero-order valence-corrected chi connectivity index (χ0v) is 9.47. The maximum absolute atomic E-state index is 5.50. The summed E-state index contributed by atoms with van der Waals surface area (Å²) in [5.41, 5.74) is 2.71. The van der Waals surface area contributed by atoms with Gasteiger partial charge in [0.05, 0.1) is 17.7 Å². The van der Waals surface area contributed by atoms with Crippen LogP contribution in [0, 0.1) is 6.92 Å². The van der Waals surface area contributed by atoms with Crippen LogP contribution in [0.2, 0.25) is 0 Å². The molecule has 1 N–H and O–H groups in total. The molecule has 0 aromatic carbocycles. The minimum atomic E-state index is 0.558. The van der Waals surface area contributed by atoms with Crippen LogP contribution in [-0.2, 0) is 6.54 Å². The second kappa shape index (κ2) is 4.50. The van der Waals surface area contributed by atoms with Crippen molar-refractivity contribution in [1.82, 2.24) is 20.5 Å². The monoisotopic (exact) mass is 224 g/mol. The molecule has 0 amide bonds. The van der Waals surface area contributed by atoms with Crippen molar-refractivity contribution in [2.75, 3.05) is 6.54 Å². The van der Waals surface area contributed by atoms with Crippen molar-refractivity contribution in [2.45, 2.75) is 20.4 Å². The molecule has 5 nitrogen and oxygen atoms in total. The molecule has 80 valence electrons. The number of thiazole rings is 1. The van der Waals surface area contributed by atoms with Crippen LogP contribution in [0.1, 0.15) is 18.5 Å². The van der Waals surface area contributed by atoms with Gasteiger partial charge < -0.3 is 9.73 Å². The lowest BCUT2D eigenvalue weighted by Crippen LogP contribution is -2.11. The molecule has 2 aromatic heterocycles. The van der Waals surface area contributed by atoms with Crippen molar-refractivity contribution in [1.29, 1.82) is 0 Å². The maximum Gasteiger partial charge on any atom is 0.259 e. The van der Waals surface area contributed by atoms with E-state index in [9.17, 15) is 0 Å². The smallest absolute Gasteiger partial charge is 0.259 e. The molecule has 0 fully saturated rings. The summed E-state index contributed by atoms with van der Waals surface area (Å²) in [6.45, 7) is 5.46. The first-order valence-electron chi connectivity index (χ1n) is 4.74. The molecule has 0 aliphatic heterocycles. The Kier molecular flexibility index (Phi) is 3.08. The fraction of sp³-hybridized carbons (Fsp3) is 0.444. The molecule has 0 bridgehead atoms. The van der Waals surface area contributed by atoms with Crippen molar-refractivity contribution < 1.29 is 4.42 Å². The summed E-state index contributed by atoms with van der Waals surface area (Å²) in [6, 6.07) is 0. The van der Waals surface area contributed by atoms with Crippen molar-refractivity contribution in [2.24, 2.45) is 0 Å². The van der Waals surface area contributed by atoms with E-state index in [0.29, 0.717) is 18.3 Å². The van der Waals surface area contributed by atoms with E-state index < -0.39 is 0 Å². The van der Waals surface area contributed by atoms with Gasteiger partial charge in [-0.2, -0.15) is 0 Å². The highest BCUT2D eigenvalue weighted by molar-refractivity contribution is 7.13. The summed E-state index contributed by atoms with van der Waals surface area (Å²) >= 11 is 1.51. The highest BCUT2D eigenvalue weighted by atomic mass is 32.1. The summed E-state index contributed by atoms with van der Waals surface area (Å²) in [6.07, 6.45) is 0. The van der Waals surface area contributed by atoms with Crippen molar-refractivity contribution in [3.63, 3.8) is 0 Å². The van der Waals surface area contributed by atoms with E-state index >= 15 is 0 Å². The van der Waals surface area contributed by atoms with Gasteiger partial charge in [0.25, 0.3) is 5.89 Å². The van der Waals surface area contributed by atoms with Gasteiger partial charge in [0.1, 0.15) is 4.88 Å². The van der Waals surface area contributed by atoms with Crippen LogP contribution >= 0.6 is 11.3 Å². The number of hydrogen-bond acceptors (Lipinski definition) is 6. The Hall–Kier alpha value is -1.27. The summed E-state index contributed by atoms with van der Waals surface area (Å²) in [7, 11) is 0. The second-order valence-electron chi connectivity index (χ2n) is 3.05. The molecule has 0 saturated heterocycles. The van der Waals surface area contributed by atoms with Crippen LogP contribution < -0.4 is 5.32 Å². The quantitative estimate of drug-likeness (QED) is 0.854. The summed E-state index contributed by atoms with van der Waals surface area (Å²) in [5.74, 6) is 1.17. The second-order valence-corrected chi connectivity index (χ2v) is 3.90. The molecule has 0 unspecified atom stereocenters. The van der Waals surface area contributed by atoms with E-state index in [4.69, 9.17) is 4.42 Å². The van der Waals surface area contributed by atoms with Gasteiger partial charge in [-0.3, -0.25) is 0 Å². The Morgan fingerprint density at radius 1 is 1.47 bits per heavy atom.